The van der Waals surface area contributed by atoms with Gasteiger partial charge in [0, 0.05) is 12.6 Å². The van der Waals surface area contributed by atoms with Gasteiger partial charge in [-0.05, 0) is 58.5 Å². The molecule has 0 radical (unpaired) electrons. The highest BCUT2D eigenvalue weighted by Crippen LogP contribution is 2.32. The van der Waals surface area contributed by atoms with Gasteiger partial charge in [-0.3, -0.25) is 4.79 Å². The van der Waals surface area contributed by atoms with E-state index in [0.717, 1.165) is 37.4 Å². The standard InChI is InChI=1S/C17H23N5OS2/c23-16(21(14-6-7-14)10-13-8-9-24-11-13)12-25-17-18-19-20-22(17)15-4-2-1-3-5-15/h8-9,11,14-15H,1-7,10,12H2. The van der Waals surface area contributed by atoms with Crippen molar-refractivity contribution < 1.29 is 4.79 Å². The summed E-state index contributed by atoms with van der Waals surface area (Å²) in [4.78, 5) is 14.8. The minimum absolute atomic E-state index is 0.192. The third kappa shape index (κ3) is 4.23. The molecule has 0 bridgehead atoms. The second-order valence-corrected chi connectivity index (χ2v) is 8.59. The normalized spacial score (nSPS) is 18.4. The van der Waals surface area contributed by atoms with Gasteiger partial charge in [-0.1, -0.05) is 31.0 Å². The molecule has 0 saturated heterocycles. The highest BCUT2D eigenvalue weighted by Gasteiger charge is 2.32. The Morgan fingerprint density at radius 3 is 2.84 bits per heavy atom. The third-order valence-electron chi connectivity index (χ3n) is 4.95. The van der Waals surface area contributed by atoms with Crippen molar-refractivity contribution in [2.24, 2.45) is 0 Å². The number of tetrazole rings is 1. The van der Waals surface area contributed by atoms with Gasteiger partial charge in [0.05, 0.1) is 11.8 Å². The Hall–Kier alpha value is -1.41. The molecule has 2 aromatic heterocycles. The number of carbonyl (C=O) groups is 1. The molecule has 2 aromatic rings. The number of thiophene rings is 1. The molecule has 0 spiro atoms. The number of amides is 1. The Morgan fingerprint density at radius 1 is 1.28 bits per heavy atom. The minimum Gasteiger partial charge on any atom is -0.335 e. The van der Waals surface area contributed by atoms with E-state index in [9.17, 15) is 4.79 Å². The molecule has 4 rings (SSSR count). The lowest BCUT2D eigenvalue weighted by molar-refractivity contribution is -0.129. The summed E-state index contributed by atoms with van der Waals surface area (Å²) in [6.45, 7) is 0.723. The molecule has 2 fully saturated rings. The lowest BCUT2D eigenvalue weighted by Crippen LogP contribution is -2.34. The van der Waals surface area contributed by atoms with Crippen molar-refractivity contribution in [1.29, 1.82) is 0 Å². The van der Waals surface area contributed by atoms with E-state index in [1.54, 1.807) is 11.3 Å². The van der Waals surface area contributed by atoms with Crippen LogP contribution in [0, 0.1) is 0 Å². The largest absolute Gasteiger partial charge is 0.335 e. The van der Waals surface area contributed by atoms with Crippen LogP contribution < -0.4 is 0 Å². The fourth-order valence-electron chi connectivity index (χ4n) is 3.43. The zero-order valence-electron chi connectivity index (χ0n) is 14.2. The van der Waals surface area contributed by atoms with Crippen molar-refractivity contribution in [1.82, 2.24) is 25.1 Å². The molecule has 0 unspecified atom stereocenters. The molecule has 6 nitrogen and oxygen atoms in total. The molecule has 0 N–H and O–H groups in total. The molecule has 2 heterocycles. The lowest BCUT2D eigenvalue weighted by Gasteiger charge is -2.23. The highest BCUT2D eigenvalue weighted by molar-refractivity contribution is 7.99. The van der Waals surface area contributed by atoms with Gasteiger partial charge in [-0.25, -0.2) is 4.68 Å². The number of hydrogen-bond donors (Lipinski definition) is 0. The molecule has 1 amide bonds. The number of hydrogen-bond acceptors (Lipinski definition) is 6. The summed E-state index contributed by atoms with van der Waals surface area (Å²) in [7, 11) is 0. The van der Waals surface area contributed by atoms with Crippen molar-refractivity contribution in [2.45, 2.75) is 68.7 Å². The van der Waals surface area contributed by atoms with E-state index >= 15 is 0 Å². The fourth-order valence-corrected chi connectivity index (χ4v) is 4.92. The Morgan fingerprint density at radius 2 is 2.12 bits per heavy atom. The van der Waals surface area contributed by atoms with Crippen LogP contribution in [0.25, 0.3) is 0 Å². The summed E-state index contributed by atoms with van der Waals surface area (Å²) < 4.78 is 1.94. The van der Waals surface area contributed by atoms with Gasteiger partial charge >= 0.3 is 0 Å². The van der Waals surface area contributed by atoms with Crippen LogP contribution in [0.4, 0.5) is 0 Å². The smallest absolute Gasteiger partial charge is 0.233 e. The summed E-state index contributed by atoms with van der Waals surface area (Å²) in [5, 5.41) is 17.2. The number of aromatic nitrogens is 4. The number of rotatable bonds is 7. The van der Waals surface area contributed by atoms with Crippen LogP contribution in [0.15, 0.2) is 22.0 Å². The monoisotopic (exact) mass is 377 g/mol. The maximum absolute atomic E-state index is 12.8. The van der Waals surface area contributed by atoms with Crippen molar-refractivity contribution in [2.75, 3.05) is 5.75 Å². The van der Waals surface area contributed by atoms with Crippen LogP contribution in [0.3, 0.4) is 0 Å². The van der Waals surface area contributed by atoms with Crippen LogP contribution in [-0.4, -0.2) is 42.8 Å². The van der Waals surface area contributed by atoms with E-state index in [4.69, 9.17) is 0 Å². The molecule has 25 heavy (non-hydrogen) atoms. The SMILES string of the molecule is O=C(CSc1nnnn1C1CCCCC1)N(Cc1ccsc1)C1CC1. The van der Waals surface area contributed by atoms with Crippen molar-refractivity contribution >= 4 is 29.0 Å². The predicted molar refractivity (Wildman–Crippen MR) is 98.6 cm³/mol. The summed E-state index contributed by atoms with van der Waals surface area (Å²) in [6, 6.07) is 2.92. The van der Waals surface area contributed by atoms with E-state index in [-0.39, 0.29) is 5.91 Å². The van der Waals surface area contributed by atoms with Crippen molar-refractivity contribution in [3.8, 4) is 0 Å². The quantitative estimate of drug-likeness (QED) is 0.691. The number of thioether (sulfide) groups is 1. The lowest BCUT2D eigenvalue weighted by atomic mass is 9.96. The van der Waals surface area contributed by atoms with Crippen LogP contribution in [-0.2, 0) is 11.3 Å². The van der Waals surface area contributed by atoms with Crippen LogP contribution in [0.5, 0.6) is 0 Å². The van der Waals surface area contributed by atoms with Crippen molar-refractivity contribution in [3.05, 3.63) is 22.4 Å². The van der Waals surface area contributed by atoms with E-state index in [0.29, 0.717) is 17.8 Å². The Balaban J connectivity index is 1.37. The minimum atomic E-state index is 0.192. The molecule has 8 heteroatoms. The van der Waals surface area contributed by atoms with E-state index in [2.05, 4.69) is 32.4 Å². The van der Waals surface area contributed by atoms with Gasteiger partial charge in [-0.15, -0.1) is 5.10 Å². The van der Waals surface area contributed by atoms with Crippen LogP contribution >= 0.6 is 23.1 Å². The molecule has 0 atom stereocenters. The first-order chi connectivity index (χ1) is 12.3. The molecule has 134 valence electrons. The second-order valence-electron chi connectivity index (χ2n) is 6.87. The van der Waals surface area contributed by atoms with Crippen molar-refractivity contribution in [3.63, 3.8) is 0 Å². The van der Waals surface area contributed by atoms with Gasteiger partial charge in [-0.2, -0.15) is 11.3 Å². The topological polar surface area (TPSA) is 63.9 Å². The summed E-state index contributed by atoms with van der Waals surface area (Å²) >= 11 is 3.16. The molecule has 2 saturated carbocycles. The molecule has 0 aromatic carbocycles. The van der Waals surface area contributed by atoms with E-state index < -0.39 is 0 Å². The van der Waals surface area contributed by atoms with Gasteiger partial charge in [0.25, 0.3) is 0 Å². The second kappa shape index (κ2) is 7.86. The van der Waals surface area contributed by atoms with Gasteiger partial charge in [0.1, 0.15) is 0 Å². The third-order valence-corrected chi connectivity index (χ3v) is 6.60. The van der Waals surface area contributed by atoms with E-state index in [1.165, 1.54) is 36.6 Å². The summed E-state index contributed by atoms with van der Waals surface area (Å²) in [5.74, 6) is 0.602. The fraction of sp³-hybridized carbons (Fsp3) is 0.647. The zero-order valence-corrected chi connectivity index (χ0v) is 15.8. The Labute approximate surface area is 156 Å². The predicted octanol–water partition coefficient (Wildman–Crippen LogP) is 3.52. The first-order valence-electron chi connectivity index (χ1n) is 9.02. The average Bonchev–Trinajstić information content (AvgIpc) is 3.16. The summed E-state index contributed by atoms with van der Waals surface area (Å²) in [6.07, 6.45) is 8.31. The molecule has 2 aliphatic rings. The summed E-state index contributed by atoms with van der Waals surface area (Å²) in [5.41, 5.74) is 1.22. The van der Waals surface area contributed by atoms with Gasteiger partial charge in [0.15, 0.2) is 0 Å². The maximum atomic E-state index is 12.8. The molecule has 0 aliphatic heterocycles. The number of carbonyl (C=O) groups excluding carboxylic acids is 1. The first kappa shape index (κ1) is 17.0. The van der Waals surface area contributed by atoms with E-state index in [1.807, 2.05) is 9.58 Å². The van der Waals surface area contributed by atoms with Crippen LogP contribution in [0.2, 0.25) is 0 Å². The van der Waals surface area contributed by atoms with Gasteiger partial charge in [0.2, 0.25) is 11.1 Å². The maximum Gasteiger partial charge on any atom is 0.233 e. The average molecular weight is 378 g/mol. The van der Waals surface area contributed by atoms with Crippen LogP contribution in [0.1, 0.15) is 56.6 Å². The number of nitrogens with zero attached hydrogens (tertiary/aromatic N) is 5. The highest BCUT2D eigenvalue weighted by atomic mass is 32.2. The zero-order chi connectivity index (χ0) is 17.1. The first-order valence-corrected chi connectivity index (χ1v) is 11.0. The molecular weight excluding hydrogens is 354 g/mol. The van der Waals surface area contributed by atoms with Gasteiger partial charge < -0.3 is 4.90 Å². The Bertz CT molecular complexity index is 692. The Kier molecular flexibility index (Phi) is 5.36. The molecular formula is C17H23N5OS2. The molecule has 2 aliphatic carbocycles.